The second kappa shape index (κ2) is 6.52. The Morgan fingerprint density at radius 3 is 2.38 bits per heavy atom. The number of hydrogen-bond donors (Lipinski definition) is 0. The monoisotopic (exact) mass is 216 g/mol. The van der Waals surface area contributed by atoms with Crippen molar-refractivity contribution in [2.24, 2.45) is 5.92 Å². The van der Waals surface area contributed by atoms with E-state index in [1.54, 1.807) is 0 Å². The minimum absolute atomic E-state index is 0.655. The quantitative estimate of drug-likeness (QED) is 0.592. The van der Waals surface area contributed by atoms with Crippen molar-refractivity contribution in [3.05, 3.63) is 47.5 Å². The van der Waals surface area contributed by atoms with Crippen molar-refractivity contribution >= 4 is 0 Å². The second-order valence-electron chi connectivity index (χ2n) is 4.88. The Balaban J connectivity index is 2.60. The Morgan fingerprint density at radius 2 is 1.88 bits per heavy atom. The van der Waals surface area contributed by atoms with Gasteiger partial charge in [-0.2, -0.15) is 0 Å². The number of aryl methyl sites for hydroxylation is 1. The molecule has 0 amide bonds. The Labute approximate surface area is 100 Å². The maximum atomic E-state index is 4.12. The summed E-state index contributed by atoms with van der Waals surface area (Å²) in [4.78, 5) is 0. The summed E-state index contributed by atoms with van der Waals surface area (Å²) in [5.41, 5.74) is 4.10. The molecule has 0 aliphatic heterocycles. The highest BCUT2D eigenvalue weighted by atomic mass is 14.1. The van der Waals surface area contributed by atoms with Gasteiger partial charge in [0, 0.05) is 0 Å². The van der Waals surface area contributed by atoms with Gasteiger partial charge in [0.05, 0.1) is 0 Å². The molecule has 0 saturated heterocycles. The summed E-state index contributed by atoms with van der Waals surface area (Å²) in [6.07, 6.45) is 5.01. The molecule has 0 N–H and O–H groups in total. The van der Waals surface area contributed by atoms with Crippen LogP contribution in [0.2, 0.25) is 0 Å². The van der Waals surface area contributed by atoms with Crippen molar-refractivity contribution in [2.45, 2.75) is 46.5 Å². The van der Waals surface area contributed by atoms with Crippen molar-refractivity contribution in [2.75, 3.05) is 0 Å². The Bertz CT molecular complexity index is 318. The fraction of sp³-hybridized carbons (Fsp3) is 0.500. The van der Waals surface area contributed by atoms with Gasteiger partial charge >= 0.3 is 0 Å². The molecule has 0 nitrogen and oxygen atoms in total. The summed E-state index contributed by atoms with van der Waals surface area (Å²) >= 11 is 0. The molecule has 1 aromatic rings. The first kappa shape index (κ1) is 13.0. The Morgan fingerprint density at radius 1 is 1.25 bits per heavy atom. The molecule has 0 spiro atoms. The number of benzene rings is 1. The van der Waals surface area contributed by atoms with E-state index in [1.807, 2.05) is 0 Å². The van der Waals surface area contributed by atoms with Gasteiger partial charge in [0.25, 0.3) is 0 Å². The van der Waals surface area contributed by atoms with Crippen LogP contribution >= 0.6 is 0 Å². The largest absolute Gasteiger partial charge is 0.0998 e. The predicted molar refractivity (Wildman–Crippen MR) is 72.7 cm³/mol. The zero-order valence-electron chi connectivity index (χ0n) is 10.9. The van der Waals surface area contributed by atoms with Gasteiger partial charge in [0.2, 0.25) is 0 Å². The van der Waals surface area contributed by atoms with E-state index < -0.39 is 0 Å². The van der Waals surface area contributed by atoms with Crippen molar-refractivity contribution in [1.82, 2.24) is 0 Å². The van der Waals surface area contributed by atoms with Gasteiger partial charge in [0.1, 0.15) is 0 Å². The minimum atomic E-state index is 0.655. The molecular weight excluding hydrogens is 192 g/mol. The van der Waals surface area contributed by atoms with E-state index in [0.717, 1.165) is 6.42 Å². The van der Waals surface area contributed by atoms with E-state index in [0.29, 0.717) is 5.92 Å². The third-order valence-electron chi connectivity index (χ3n) is 3.21. The van der Waals surface area contributed by atoms with E-state index in [2.05, 4.69) is 51.6 Å². The van der Waals surface area contributed by atoms with E-state index >= 15 is 0 Å². The highest BCUT2D eigenvalue weighted by Gasteiger charge is 2.09. The molecule has 0 aliphatic rings. The topological polar surface area (TPSA) is 0 Å². The molecule has 0 heteroatoms. The van der Waals surface area contributed by atoms with Gasteiger partial charge in [-0.3, -0.25) is 0 Å². The molecule has 0 bridgehead atoms. The maximum Gasteiger partial charge on any atom is -0.0168 e. The van der Waals surface area contributed by atoms with Gasteiger partial charge in [-0.25, -0.2) is 0 Å². The average molecular weight is 216 g/mol. The van der Waals surface area contributed by atoms with E-state index in [1.165, 1.54) is 36.0 Å². The van der Waals surface area contributed by atoms with Crippen molar-refractivity contribution in [1.29, 1.82) is 0 Å². The lowest BCUT2D eigenvalue weighted by Crippen LogP contribution is -2.05. The first-order valence-electron chi connectivity index (χ1n) is 6.34. The van der Waals surface area contributed by atoms with Crippen LogP contribution in [0.1, 0.15) is 44.2 Å². The first-order chi connectivity index (χ1) is 7.63. The number of unbranched alkanes of at least 4 members (excludes halogenated alkanes) is 1. The van der Waals surface area contributed by atoms with Crippen molar-refractivity contribution in [3.63, 3.8) is 0 Å². The Kier molecular flexibility index (Phi) is 5.31. The number of allylic oxidation sites excluding steroid dienone is 1. The molecule has 16 heavy (non-hydrogen) atoms. The van der Waals surface area contributed by atoms with Crippen LogP contribution in [0, 0.1) is 12.8 Å². The summed E-state index contributed by atoms with van der Waals surface area (Å²) in [7, 11) is 0. The van der Waals surface area contributed by atoms with E-state index in [-0.39, 0.29) is 0 Å². The highest BCUT2D eigenvalue weighted by molar-refractivity contribution is 5.22. The lowest BCUT2D eigenvalue weighted by molar-refractivity contribution is 0.528. The zero-order valence-corrected chi connectivity index (χ0v) is 10.9. The molecule has 0 fully saturated rings. The molecule has 0 saturated carbocycles. The van der Waals surface area contributed by atoms with Crippen LogP contribution in [0.25, 0.3) is 0 Å². The smallest absolute Gasteiger partial charge is 0.0168 e. The highest BCUT2D eigenvalue weighted by Crippen LogP contribution is 2.21. The third kappa shape index (κ3) is 4.22. The van der Waals surface area contributed by atoms with Crippen LogP contribution in [-0.4, -0.2) is 0 Å². The van der Waals surface area contributed by atoms with Gasteiger partial charge < -0.3 is 0 Å². The molecular formula is C16H24. The minimum Gasteiger partial charge on any atom is -0.0998 e. The Hall–Kier alpha value is -1.04. The molecule has 88 valence electrons. The van der Waals surface area contributed by atoms with Gasteiger partial charge in [0.15, 0.2) is 0 Å². The maximum absolute atomic E-state index is 4.12. The molecule has 0 aliphatic carbocycles. The fourth-order valence-corrected chi connectivity index (χ4v) is 1.98. The molecule has 0 heterocycles. The summed E-state index contributed by atoms with van der Waals surface area (Å²) in [5.74, 6) is 0.655. The summed E-state index contributed by atoms with van der Waals surface area (Å²) < 4.78 is 0. The number of hydrogen-bond acceptors (Lipinski definition) is 0. The lowest BCUT2D eigenvalue weighted by Gasteiger charge is -2.16. The van der Waals surface area contributed by atoms with Gasteiger partial charge in [-0.1, -0.05) is 61.7 Å². The predicted octanol–water partition coefficient (Wildman–Crippen LogP) is 4.92. The lowest BCUT2D eigenvalue weighted by atomic mass is 9.89. The molecule has 0 unspecified atom stereocenters. The van der Waals surface area contributed by atoms with Crippen LogP contribution in [0.3, 0.4) is 0 Å². The fourth-order valence-electron chi connectivity index (χ4n) is 1.98. The second-order valence-corrected chi connectivity index (χ2v) is 4.88. The van der Waals surface area contributed by atoms with Crippen molar-refractivity contribution < 1.29 is 0 Å². The molecule has 1 atom stereocenters. The van der Waals surface area contributed by atoms with Crippen LogP contribution in [0.4, 0.5) is 0 Å². The summed E-state index contributed by atoms with van der Waals surface area (Å²) in [6, 6.07) is 8.89. The van der Waals surface area contributed by atoms with E-state index in [4.69, 9.17) is 0 Å². The standard InChI is InChI=1S/C16H24/c1-5-6-7-16(13(2)3)12-15-10-8-14(4)9-11-15/h8-11,16H,2,5-7,12H2,1,3-4H3/t16-/m1/s1. The molecule has 0 radical (unpaired) electrons. The normalized spacial score (nSPS) is 12.4. The van der Waals surface area contributed by atoms with Crippen molar-refractivity contribution in [3.8, 4) is 0 Å². The van der Waals surface area contributed by atoms with Crippen LogP contribution in [0.15, 0.2) is 36.4 Å². The third-order valence-corrected chi connectivity index (χ3v) is 3.21. The molecule has 1 rings (SSSR count). The number of rotatable bonds is 6. The zero-order chi connectivity index (χ0) is 12.0. The van der Waals surface area contributed by atoms with Crippen LogP contribution in [-0.2, 0) is 6.42 Å². The SMILES string of the molecule is C=C(C)[C@H](CCCC)Cc1ccc(C)cc1. The molecule has 0 aromatic heterocycles. The average Bonchev–Trinajstić information content (AvgIpc) is 2.26. The van der Waals surface area contributed by atoms with Crippen LogP contribution in [0.5, 0.6) is 0 Å². The van der Waals surface area contributed by atoms with Gasteiger partial charge in [-0.05, 0) is 38.2 Å². The molecule has 1 aromatic carbocycles. The first-order valence-corrected chi connectivity index (χ1v) is 6.34. The summed E-state index contributed by atoms with van der Waals surface area (Å²) in [5, 5.41) is 0. The summed E-state index contributed by atoms with van der Waals surface area (Å²) in [6.45, 7) is 10.7. The van der Waals surface area contributed by atoms with E-state index in [9.17, 15) is 0 Å². The van der Waals surface area contributed by atoms with Gasteiger partial charge in [-0.15, -0.1) is 0 Å². The van der Waals surface area contributed by atoms with Crippen LogP contribution < -0.4 is 0 Å².